The molecule has 0 atom stereocenters. The minimum atomic E-state index is -0.448. The van der Waals surface area contributed by atoms with E-state index in [9.17, 15) is 10.1 Å². The summed E-state index contributed by atoms with van der Waals surface area (Å²) in [5, 5.41) is 12.3. The highest BCUT2D eigenvalue weighted by Gasteiger charge is 2.14. The number of nitrogens with one attached hydrogen (secondary N) is 1. The first-order valence-electron chi connectivity index (χ1n) is 8.90. The second kappa shape index (κ2) is 10.1. The molecule has 2 rings (SSSR count). The zero-order chi connectivity index (χ0) is 20.7. The Morgan fingerprint density at radius 1 is 1.29 bits per heavy atom. The molecule has 0 aliphatic rings. The van der Waals surface area contributed by atoms with Crippen LogP contribution >= 0.6 is 22.6 Å². The van der Waals surface area contributed by atoms with Crippen molar-refractivity contribution in [3.63, 3.8) is 0 Å². The van der Waals surface area contributed by atoms with Crippen molar-refractivity contribution in [2.45, 2.75) is 27.2 Å². The van der Waals surface area contributed by atoms with Gasteiger partial charge in [-0.15, -0.1) is 0 Å². The number of hydrogen-bond acceptors (Lipinski definition) is 4. The van der Waals surface area contributed by atoms with Crippen LogP contribution in [0.15, 0.2) is 35.9 Å². The second-order valence-electron chi connectivity index (χ2n) is 6.32. The summed E-state index contributed by atoms with van der Waals surface area (Å²) in [5.74, 6) is 0.788. The third kappa shape index (κ3) is 5.49. The van der Waals surface area contributed by atoms with Crippen LogP contribution in [0.1, 0.15) is 30.0 Å². The summed E-state index contributed by atoms with van der Waals surface area (Å²) in [6.07, 6.45) is 2.44. The lowest BCUT2D eigenvalue weighted by Crippen LogP contribution is -2.14. The summed E-state index contributed by atoms with van der Waals surface area (Å²) in [4.78, 5) is 12.6. The molecule has 2 aromatic rings. The minimum Gasteiger partial charge on any atom is -0.493 e. The average molecular weight is 490 g/mol. The van der Waals surface area contributed by atoms with Crippen LogP contribution in [0, 0.1) is 28.7 Å². The fraction of sp³-hybridized carbons (Fsp3) is 0.273. The van der Waals surface area contributed by atoms with Crippen LogP contribution in [-0.4, -0.2) is 19.6 Å². The van der Waals surface area contributed by atoms with E-state index in [1.165, 1.54) is 0 Å². The van der Waals surface area contributed by atoms with Crippen molar-refractivity contribution in [3.8, 4) is 17.6 Å². The molecule has 0 spiro atoms. The Labute approximate surface area is 179 Å². The topological polar surface area (TPSA) is 71.3 Å². The predicted octanol–water partition coefficient (Wildman–Crippen LogP) is 5.25. The van der Waals surface area contributed by atoms with Gasteiger partial charge in [0.2, 0.25) is 0 Å². The van der Waals surface area contributed by atoms with E-state index in [0.717, 1.165) is 21.1 Å². The minimum absolute atomic E-state index is 0.0148. The van der Waals surface area contributed by atoms with Crippen LogP contribution in [0.4, 0.5) is 5.69 Å². The number of anilines is 1. The lowest BCUT2D eigenvalue weighted by atomic mass is 10.1. The summed E-state index contributed by atoms with van der Waals surface area (Å²) in [7, 11) is 1.57. The third-order valence-corrected chi connectivity index (χ3v) is 4.82. The van der Waals surface area contributed by atoms with Gasteiger partial charge < -0.3 is 14.8 Å². The Kier molecular flexibility index (Phi) is 7.88. The molecule has 0 heterocycles. The molecule has 0 saturated carbocycles. The zero-order valence-electron chi connectivity index (χ0n) is 16.4. The first-order valence-corrected chi connectivity index (χ1v) is 9.98. The van der Waals surface area contributed by atoms with E-state index in [0.29, 0.717) is 29.4 Å². The summed E-state index contributed by atoms with van der Waals surface area (Å²) in [6.45, 7) is 6.48. The van der Waals surface area contributed by atoms with Gasteiger partial charge in [-0.25, -0.2) is 0 Å². The largest absolute Gasteiger partial charge is 0.493 e. The molecule has 6 heteroatoms. The molecule has 28 heavy (non-hydrogen) atoms. The van der Waals surface area contributed by atoms with Crippen molar-refractivity contribution in [2.24, 2.45) is 0 Å². The first kappa shape index (κ1) is 21.8. The molecule has 0 bridgehead atoms. The number of aryl methyl sites for hydroxylation is 2. The number of rotatable bonds is 7. The second-order valence-corrected chi connectivity index (χ2v) is 7.49. The molecule has 2 aromatic carbocycles. The fourth-order valence-corrected chi connectivity index (χ4v) is 3.32. The number of ether oxygens (including phenoxy) is 2. The molecule has 0 aliphatic heterocycles. The van der Waals surface area contributed by atoms with Gasteiger partial charge in [0, 0.05) is 5.69 Å². The number of nitriles is 1. The van der Waals surface area contributed by atoms with E-state index in [1.54, 1.807) is 19.3 Å². The van der Waals surface area contributed by atoms with Gasteiger partial charge in [0.25, 0.3) is 5.91 Å². The highest BCUT2D eigenvalue weighted by atomic mass is 127. The number of methoxy groups -OCH3 is 1. The summed E-state index contributed by atoms with van der Waals surface area (Å²) in [5.41, 5.74) is 3.37. The SMILES string of the molecule is CCCOc1c(I)cc(/C=C(/C#N)C(=O)Nc2cc(C)ccc2C)cc1OC. The fourth-order valence-electron chi connectivity index (χ4n) is 2.54. The van der Waals surface area contributed by atoms with E-state index < -0.39 is 5.91 Å². The molecular formula is C22H23IN2O3. The molecule has 146 valence electrons. The number of benzene rings is 2. The average Bonchev–Trinajstić information content (AvgIpc) is 2.67. The van der Waals surface area contributed by atoms with Crippen molar-refractivity contribution in [1.82, 2.24) is 0 Å². The highest BCUT2D eigenvalue weighted by molar-refractivity contribution is 14.1. The van der Waals surface area contributed by atoms with Crippen molar-refractivity contribution in [1.29, 1.82) is 5.26 Å². The third-order valence-electron chi connectivity index (χ3n) is 4.02. The maximum absolute atomic E-state index is 12.6. The number of nitrogens with zero attached hydrogens (tertiary/aromatic N) is 1. The number of amides is 1. The van der Waals surface area contributed by atoms with E-state index in [-0.39, 0.29) is 5.57 Å². The van der Waals surface area contributed by atoms with Crippen LogP contribution in [0.5, 0.6) is 11.5 Å². The van der Waals surface area contributed by atoms with Crippen molar-refractivity contribution >= 4 is 40.3 Å². The quantitative estimate of drug-likeness (QED) is 0.327. The predicted molar refractivity (Wildman–Crippen MR) is 120 cm³/mol. The monoisotopic (exact) mass is 490 g/mol. The lowest BCUT2D eigenvalue weighted by molar-refractivity contribution is -0.112. The molecule has 0 aromatic heterocycles. The smallest absolute Gasteiger partial charge is 0.266 e. The summed E-state index contributed by atoms with van der Waals surface area (Å²) >= 11 is 2.16. The molecule has 5 nitrogen and oxygen atoms in total. The highest BCUT2D eigenvalue weighted by Crippen LogP contribution is 2.34. The Balaban J connectivity index is 2.33. The van der Waals surface area contributed by atoms with Crippen molar-refractivity contribution < 1.29 is 14.3 Å². The van der Waals surface area contributed by atoms with E-state index in [2.05, 4.69) is 27.9 Å². The van der Waals surface area contributed by atoms with Gasteiger partial charge in [-0.3, -0.25) is 4.79 Å². The van der Waals surface area contributed by atoms with Gasteiger partial charge in [0.15, 0.2) is 11.5 Å². The zero-order valence-corrected chi connectivity index (χ0v) is 18.6. The van der Waals surface area contributed by atoms with Crippen molar-refractivity contribution in [2.75, 3.05) is 19.0 Å². The Hall–Kier alpha value is -2.53. The van der Waals surface area contributed by atoms with E-state index >= 15 is 0 Å². The molecule has 1 N–H and O–H groups in total. The van der Waals surface area contributed by atoms with Crippen LogP contribution in [0.25, 0.3) is 6.08 Å². The number of carbonyl (C=O) groups is 1. The van der Waals surface area contributed by atoms with Crippen LogP contribution in [0.3, 0.4) is 0 Å². The molecule has 0 fully saturated rings. The molecule has 1 amide bonds. The van der Waals surface area contributed by atoms with Gasteiger partial charge in [-0.05, 0) is 83.8 Å². The summed E-state index contributed by atoms with van der Waals surface area (Å²) in [6, 6.07) is 11.4. The maximum Gasteiger partial charge on any atom is 0.266 e. The Morgan fingerprint density at radius 2 is 2.04 bits per heavy atom. The van der Waals surface area contributed by atoms with E-state index in [4.69, 9.17) is 9.47 Å². The van der Waals surface area contributed by atoms with Gasteiger partial charge in [0.1, 0.15) is 11.6 Å². The Bertz CT molecular complexity index is 946. The number of hydrogen-bond donors (Lipinski definition) is 1. The first-order chi connectivity index (χ1) is 13.4. The van der Waals surface area contributed by atoms with Gasteiger partial charge >= 0.3 is 0 Å². The van der Waals surface area contributed by atoms with Crippen LogP contribution in [-0.2, 0) is 4.79 Å². The summed E-state index contributed by atoms with van der Waals surface area (Å²) < 4.78 is 12.0. The molecule has 0 aliphatic carbocycles. The lowest BCUT2D eigenvalue weighted by Gasteiger charge is -2.13. The Morgan fingerprint density at radius 3 is 2.68 bits per heavy atom. The number of carbonyl (C=O) groups excluding carboxylic acids is 1. The van der Waals surface area contributed by atoms with Crippen LogP contribution in [0.2, 0.25) is 0 Å². The normalized spacial score (nSPS) is 10.9. The van der Waals surface area contributed by atoms with Gasteiger partial charge in [-0.1, -0.05) is 19.1 Å². The van der Waals surface area contributed by atoms with E-state index in [1.807, 2.05) is 51.1 Å². The van der Waals surface area contributed by atoms with Gasteiger partial charge in [0.05, 0.1) is 17.3 Å². The molecular weight excluding hydrogens is 467 g/mol. The van der Waals surface area contributed by atoms with Crippen LogP contribution < -0.4 is 14.8 Å². The molecule has 0 radical (unpaired) electrons. The van der Waals surface area contributed by atoms with Gasteiger partial charge in [-0.2, -0.15) is 5.26 Å². The van der Waals surface area contributed by atoms with Crippen molar-refractivity contribution in [3.05, 3.63) is 56.2 Å². The standard InChI is InChI=1S/C22H23IN2O3/c1-5-8-28-21-18(23)11-16(12-20(21)27-4)10-17(13-24)22(26)25-19-9-14(2)6-7-15(19)3/h6-7,9-12H,5,8H2,1-4H3,(H,25,26)/b17-10-. The molecule has 0 saturated heterocycles. The molecule has 0 unspecified atom stereocenters. The maximum atomic E-state index is 12.6. The number of halogens is 1.